The third kappa shape index (κ3) is 5.70. The molecule has 0 bridgehead atoms. The van der Waals surface area contributed by atoms with Gasteiger partial charge in [0.05, 0.1) is 19.1 Å². The average molecular weight is 531 g/mol. The van der Waals surface area contributed by atoms with E-state index in [1.54, 1.807) is 25.1 Å². The van der Waals surface area contributed by atoms with Crippen LogP contribution in [0.25, 0.3) is 21.5 Å². The lowest BCUT2D eigenvalue weighted by molar-refractivity contribution is -0.118. The molecule has 180 valence electrons. The normalized spacial score (nSPS) is 11.4. The molecule has 0 aliphatic heterocycles. The molecule has 1 N–H and O–H groups in total. The van der Waals surface area contributed by atoms with Gasteiger partial charge in [0.2, 0.25) is 0 Å². The summed E-state index contributed by atoms with van der Waals surface area (Å²) >= 11 is 4.50. The maximum Gasteiger partial charge on any atom is 0.250 e. The predicted molar refractivity (Wildman–Crippen MR) is 150 cm³/mol. The van der Waals surface area contributed by atoms with E-state index < -0.39 is 0 Å². The zero-order valence-corrected chi connectivity index (χ0v) is 21.8. The van der Waals surface area contributed by atoms with Gasteiger partial charge in [-0.25, -0.2) is 5.43 Å². The Bertz CT molecular complexity index is 1550. The Morgan fingerprint density at radius 1 is 0.917 bits per heavy atom. The number of nitrogens with zero attached hydrogens (tertiary/aromatic N) is 3. The number of hydrogen-bond donors (Lipinski definition) is 1. The molecule has 0 saturated heterocycles. The minimum Gasteiger partial charge on any atom is -0.496 e. The zero-order chi connectivity index (χ0) is 24.7. The molecule has 0 radical (unpaired) electrons. The molecule has 4 aromatic carbocycles. The lowest BCUT2D eigenvalue weighted by Gasteiger charge is -2.08. The maximum atomic E-state index is 12.3. The fourth-order valence-corrected chi connectivity index (χ4v) is 6.60. The molecule has 1 heterocycles. The van der Waals surface area contributed by atoms with Gasteiger partial charge in [-0.1, -0.05) is 108 Å². The van der Waals surface area contributed by atoms with E-state index >= 15 is 0 Å². The van der Waals surface area contributed by atoms with Crippen LogP contribution in [0.15, 0.2) is 92.6 Å². The van der Waals surface area contributed by atoms with Crippen LogP contribution in [0.2, 0.25) is 0 Å². The third-order valence-corrected chi connectivity index (χ3v) is 8.72. The summed E-state index contributed by atoms with van der Waals surface area (Å²) in [5.41, 5.74) is 4.68. The van der Waals surface area contributed by atoms with Gasteiger partial charge in [0.25, 0.3) is 5.91 Å². The summed E-state index contributed by atoms with van der Waals surface area (Å²) in [6.07, 6.45) is 1.62. The fraction of sp³-hybridized carbons (Fsp3) is 0.111. The molecule has 0 fully saturated rings. The van der Waals surface area contributed by atoms with Crippen LogP contribution in [-0.2, 0) is 10.5 Å². The summed E-state index contributed by atoms with van der Waals surface area (Å²) in [6, 6.07) is 26.6. The molecule has 5 rings (SSSR count). The van der Waals surface area contributed by atoms with Crippen molar-refractivity contribution in [2.24, 2.45) is 5.10 Å². The van der Waals surface area contributed by atoms with Crippen molar-refractivity contribution in [1.29, 1.82) is 0 Å². The minimum absolute atomic E-state index is 0.201. The highest BCUT2D eigenvalue weighted by Gasteiger charge is 2.10. The smallest absolute Gasteiger partial charge is 0.250 e. The van der Waals surface area contributed by atoms with Gasteiger partial charge in [-0.05, 0) is 33.2 Å². The summed E-state index contributed by atoms with van der Waals surface area (Å²) in [5.74, 6) is 1.50. The van der Waals surface area contributed by atoms with Crippen molar-refractivity contribution in [3.8, 4) is 5.75 Å². The molecule has 5 aromatic rings. The van der Waals surface area contributed by atoms with Gasteiger partial charge in [-0.3, -0.25) is 4.79 Å². The summed E-state index contributed by atoms with van der Waals surface area (Å²) in [4.78, 5) is 12.3. The molecule has 0 aliphatic rings. The van der Waals surface area contributed by atoms with Crippen LogP contribution in [0.3, 0.4) is 0 Å². The Balaban J connectivity index is 1.15. The van der Waals surface area contributed by atoms with Crippen molar-refractivity contribution in [3.05, 3.63) is 90.0 Å². The quantitative estimate of drug-likeness (QED) is 0.135. The van der Waals surface area contributed by atoms with Gasteiger partial charge in [-0.15, -0.1) is 10.2 Å². The van der Waals surface area contributed by atoms with Gasteiger partial charge >= 0.3 is 0 Å². The standard InChI is InChI=1S/C27H22N4O2S3/c1-33-24-14-13-19-8-3-5-12-22(19)23(24)15-28-29-25(32)17-35-27-31-30-26(36-27)34-16-20-10-6-9-18-7-2-4-11-21(18)20/h2-15H,16-17H2,1H3,(H,29,32)/b28-15-. The van der Waals surface area contributed by atoms with E-state index in [0.717, 1.165) is 30.8 Å². The molecular weight excluding hydrogens is 509 g/mol. The average Bonchev–Trinajstić information content (AvgIpc) is 3.38. The van der Waals surface area contributed by atoms with Gasteiger partial charge in [0.15, 0.2) is 8.68 Å². The fourth-order valence-electron chi connectivity index (χ4n) is 3.79. The largest absolute Gasteiger partial charge is 0.496 e. The molecule has 0 aliphatic carbocycles. The summed E-state index contributed by atoms with van der Waals surface area (Å²) in [5, 5.41) is 17.2. The number of ether oxygens (including phenoxy) is 1. The van der Waals surface area contributed by atoms with Crippen LogP contribution in [0.5, 0.6) is 5.75 Å². The van der Waals surface area contributed by atoms with E-state index in [4.69, 9.17) is 4.74 Å². The van der Waals surface area contributed by atoms with Crippen molar-refractivity contribution >= 4 is 68.5 Å². The number of hydrogen-bond acceptors (Lipinski definition) is 8. The van der Waals surface area contributed by atoms with Crippen LogP contribution in [0.4, 0.5) is 0 Å². The van der Waals surface area contributed by atoms with E-state index in [2.05, 4.69) is 63.2 Å². The highest BCUT2D eigenvalue weighted by atomic mass is 32.2. The van der Waals surface area contributed by atoms with Gasteiger partial charge in [0, 0.05) is 11.3 Å². The molecule has 0 saturated carbocycles. The topological polar surface area (TPSA) is 76.5 Å². The first-order chi connectivity index (χ1) is 17.7. The van der Waals surface area contributed by atoms with E-state index in [1.807, 2.05) is 36.4 Å². The van der Waals surface area contributed by atoms with Crippen molar-refractivity contribution in [2.45, 2.75) is 14.4 Å². The van der Waals surface area contributed by atoms with E-state index in [1.165, 1.54) is 39.4 Å². The highest BCUT2D eigenvalue weighted by Crippen LogP contribution is 2.32. The highest BCUT2D eigenvalue weighted by molar-refractivity contribution is 8.03. The summed E-state index contributed by atoms with van der Waals surface area (Å²) < 4.78 is 7.10. The van der Waals surface area contributed by atoms with Crippen LogP contribution < -0.4 is 10.2 Å². The Morgan fingerprint density at radius 2 is 1.61 bits per heavy atom. The van der Waals surface area contributed by atoms with E-state index in [-0.39, 0.29) is 11.7 Å². The second-order valence-corrected chi connectivity index (χ2v) is 11.2. The van der Waals surface area contributed by atoms with Crippen molar-refractivity contribution < 1.29 is 9.53 Å². The van der Waals surface area contributed by atoms with Crippen molar-refractivity contribution in [1.82, 2.24) is 15.6 Å². The predicted octanol–water partition coefficient (Wildman–Crippen LogP) is 6.39. The monoisotopic (exact) mass is 530 g/mol. The minimum atomic E-state index is -0.212. The molecule has 1 aromatic heterocycles. The first-order valence-electron chi connectivity index (χ1n) is 11.1. The lowest BCUT2D eigenvalue weighted by atomic mass is 10.0. The van der Waals surface area contributed by atoms with Gasteiger partial charge in [0.1, 0.15) is 5.75 Å². The van der Waals surface area contributed by atoms with E-state index in [0.29, 0.717) is 5.75 Å². The van der Waals surface area contributed by atoms with Crippen molar-refractivity contribution in [3.63, 3.8) is 0 Å². The second-order valence-electron chi connectivity index (χ2n) is 7.75. The Labute approximate surface area is 221 Å². The second kappa shape index (κ2) is 11.6. The number of carbonyl (C=O) groups excluding carboxylic acids is 1. The number of aromatic nitrogens is 2. The zero-order valence-electron chi connectivity index (χ0n) is 19.4. The number of carbonyl (C=O) groups is 1. The summed E-state index contributed by atoms with van der Waals surface area (Å²) in [7, 11) is 1.62. The number of benzene rings is 4. The molecule has 1 amide bonds. The Morgan fingerprint density at radius 3 is 2.42 bits per heavy atom. The molecule has 0 spiro atoms. The van der Waals surface area contributed by atoms with Crippen LogP contribution >= 0.6 is 34.9 Å². The number of hydrazone groups is 1. The number of methoxy groups -OCH3 is 1. The first kappa shape index (κ1) is 24.3. The number of fused-ring (bicyclic) bond motifs is 2. The van der Waals surface area contributed by atoms with Crippen molar-refractivity contribution in [2.75, 3.05) is 12.9 Å². The molecule has 0 unspecified atom stereocenters. The SMILES string of the molecule is COc1ccc2ccccc2c1/C=N\NC(=O)CSc1nnc(SCc2cccc3ccccc23)s1. The number of amides is 1. The molecular formula is C27H22N4O2S3. The Hall–Kier alpha value is -3.40. The van der Waals surface area contributed by atoms with Crippen LogP contribution in [0.1, 0.15) is 11.1 Å². The molecule has 0 atom stereocenters. The molecule has 36 heavy (non-hydrogen) atoms. The van der Waals surface area contributed by atoms with E-state index in [9.17, 15) is 4.79 Å². The Kier molecular flexibility index (Phi) is 7.80. The lowest BCUT2D eigenvalue weighted by Crippen LogP contribution is -2.19. The summed E-state index contributed by atoms with van der Waals surface area (Å²) in [6.45, 7) is 0. The number of nitrogens with one attached hydrogen (secondary N) is 1. The number of rotatable bonds is 9. The first-order valence-corrected chi connectivity index (χ1v) is 13.9. The van der Waals surface area contributed by atoms with Crippen LogP contribution in [-0.4, -0.2) is 35.2 Å². The van der Waals surface area contributed by atoms with Gasteiger partial charge < -0.3 is 4.74 Å². The third-order valence-electron chi connectivity index (χ3n) is 5.48. The maximum absolute atomic E-state index is 12.3. The van der Waals surface area contributed by atoms with Crippen LogP contribution in [0, 0.1) is 0 Å². The molecule has 6 nitrogen and oxygen atoms in total. The number of thioether (sulfide) groups is 2. The molecule has 9 heteroatoms. The van der Waals surface area contributed by atoms with Gasteiger partial charge in [-0.2, -0.15) is 5.10 Å².